The number of likely N-dealkylation sites (N-methyl/N-ethyl adjacent to an activating group) is 1. The van der Waals surface area contributed by atoms with Crippen LogP contribution < -0.4 is 19.9 Å². The maximum atomic E-state index is 15.3. The first-order valence-corrected chi connectivity index (χ1v) is 16.5. The molecule has 13 nitrogen and oxygen atoms in total. The van der Waals surface area contributed by atoms with Crippen molar-refractivity contribution in [3.05, 3.63) is 112 Å². The van der Waals surface area contributed by atoms with Crippen LogP contribution in [0.4, 0.5) is 19.4 Å². The van der Waals surface area contributed by atoms with Crippen LogP contribution in [-0.2, 0) is 33.0 Å². The molecule has 0 fully saturated rings. The molecule has 0 bridgehead atoms. The number of nitrogens with one attached hydrogen (secondary N) is 1. The van der Waals surface area contributed by atoms with E-state index in [-0.39, 0.29) is 19.0 Å². The number of halogens is 2. The lowest BCUT2D eigenvalue weighted by Crippen LogP contribution is -2.50. The van der Waals surface area contributed by atoms with Crippen LogP contribution in [0, 0.1) is 23.0 Å². The van der Waals surface area contributed by atoms with Gasteiger partial charge in [0, 0.05) is 47.7 Å². The number of hydrogen-bond donors (Lipinski definition) is 1. The molecule has 16 heteroatoms. The summed E-state index contributed by atoms with van der Waals surface area (Å²) in [7, 11) is 3.07. The van der Waals surface area contributed by atoms with Gasteiger partial charge in [0.2, 0.25) is 12.6 Å². The van der Waals surface area contributed by atoms with E-state index in [0.717, 1.165) is 23.8 Å². The fourth-order valence-electron chi connectivity index (χ4n) is 5.23. The Balaban J connectivity index is 1.35. The summed E-state index contributed by atoms with van der Waals surface area (Å²) in [5, 5.41) is 33.1. The van der Waals surface area contributed by atoms with E-state index in [4.69, 9.17) is 14.7 Å². The van der Waals surface area contributed by atoms with Crippen LogP contribution in [0.3, 0.4) is 0 Å². The van der Waals surface area contributed by atoms with Crippen molar-refractivity contribution in [2.24, 2.45) is 0 Å². The lowest BCUT2D eigenvalue weighted by atomic mass is 9.82. The minimum atomic E-state index is -2.29. The van der Waals surface area contributed by atoms with Gasteiger partial charge in [0.05, 0.1) is 35.4 Å². The summed E-state index contributed by atoms with van der Waals surface area (Å²) < 4.78 is 43.3. The Bertz CT molecular complexity index is 2050. The number of pyridine rings is 1. The zero-order valence-corrected chi connectivity index (χ0v) is 28.9. The van der Waals surface area contributed by atoms with Crippen LogP contribution >= 0.6 is 11.3 Å². The summed E-state index contributed by atoms with van der Waals surface area (Å²) in [5.41, 5.74) is -0.425. The van der Waals surface area contributed by atoms with Gasteiger partial charge in [-0.05, 0) is 54.6 Å². The van der Waals surface area contributed by atoms with Crippen molar-refractivity contribution in [2.75, 3.05) is 25.5 Å². The highest BCUT2D eigenvalue weighted by molar-refractivity contribution is 7.10. The Hall–Kier alpha value is -5.63. The number of nitrogens with zero attached hydrogens (tertiary/aromatic N) is 7. The molecule has 5 aromatic rings. The predicted molar refractivity (Wildman–Crippen MR) is 179 cm³/mol. The SMILES string of the molecule is CNCC(=O)OCc1cccnc1N(C)C(=O)OC(C)[n+]1cnn(C[C@]([O-])(c2cc(F)ccc2F)[C@@H](C)c2nc(-c3ccc(C#N)cc3)cs2)c1. The molecule has 51 heavy (non-hydrogen) atoms. The standard InChI is InChI=1S/C35H34F2N8O5S/c1-22(33-42-30(18-51-33)25-9-7-24(15-38)8-10-25)35(48,28-14-27(36)11-12-29(28)37)19-45-21-44(20-41-45)23(2)50-34(47)43(4)32-26(6-5-13-40-32)17-49-31(46)16-39-3/h5-14,18,20-23,39H,16-17,19H2,1-4H3/t22-,23?,35+/m0/s1. The van der Waals surface area contributed by atoms with Crippen molar-refractivity contribution in [3.8, 4) is 17.3 Å². The Morgan fingerprint density at radius 3 is 2.69 bits per heavy atom. The van der Waals surface area contributed by atoms with E-state index in [1.54, 1.807) is 62.7 Å². The highest BCUT2D eigenvalue weighted by atomic mass is 32.1. The minimum Gasteiger partial charge on any atom is -0.843 e. The highest BCUT2D eigenvalue weighted by Gasteiger charge is 2.36. The van der Waals surface area contributed by atoms with Gasteiger partial charge < -0.3 is 19.9 Å². The van der Waals surface area contributed by atoms with Gasteiger partial charge in [-0.25, -0.2) is 23.5 Å². The molecular weight excluding hydrogens is 682 g/mol. The van der Waals surface area contributed by atoms with Gasteiger partial charge in [0.25, 0.3) is 6.33 Å². The van der Waals surface area contributed by atoms with Gasteiger partial charge in [-0.3, -0.25) is 9.69 Å². The molecule has 0 radical (unpaired) electrons. The topological polar surface area (TPSA) is 162 Å². The summed E-state index contributed by atoms with van der Waals surface area (Å²) in [4.78, 5) is 35.0. The van der Waals surface area contributed by atoms with Crippen LogP contribution in [0.15, 0.2) is 78.8 Å². The first kappa shape index (κ1) is 36.6. The zero-order valence-electron chi connectivity index (χ0n) is 28.1. The van der Waals surface area contributed by atoms with Crippen LogP contribution in [0.1, 0.15) is 47.7 Å². The summed E-state index contributed by atoms with van der Waals surface area (Å²) in [6, 6.07) is 14.9. The molecular formula is C35H34F2N8O5S. The van der Waals surface area contributed by atoms with Crippen LogP contribution in [0.25, 0.3) is 11.3 Å². The van der Waals surface area contributed by atoms with Gasteiger partial charge >= 0.3 is 12.1 Å². The smallest absolute Gasteiger partial charge is 0.418 e. The Morgan fingerprint density at radius 2 is 1.96 bits per heavy atom. The molecule has 0 spiro atoms. The van der Waals surface area contributed by atoms with E-state index in [1.807, 2.05) is 0 Å². The van der Waals surface area contributed by atoms with Crippen LogP contribution in [0.5, 0.6) is 0 Å². The third-order valence-electron chi connectivity index (χ3n) is 8.14. The van der Waals surface area contributed by atoms with E-state index < -0.39 is 53.6 Å². The quantitative estimate of drug-likeness (QED) is 0.140. The number of carbonyl (C=O) groups excluding carboxylic acids is 2. The number of ether oxygens (including phenoxy) is 2. The normalized spacial score (nSPS) is 13.5. The number of esters is 1. The molecule has 5 rings (SSSR count). The monoisotopic (exact) mass is 716 g/mol. The molecule has 0 saturated heterocycles. The Morgan fingerprint density at radius 1 is 1.20 bits per heavy atom. The second-order valence-corrected chi connectivity index (χ2v) is 12.5. The van der Waals surface area contributed by atoms with Crippen molar-refractivity contribution in [3.63, 3.8) is 0 Å². The van der Waals surface area contributed by atoms with Crippen LogP contribution in [0.2, 0.25) is 0 Å². The number of rotatable bonds is 13. The minimum absolute atomic E-state index is 0.0190. The molecule has 0 aliphatic heterocycles. The van der Waals surface area contributed by atoms with Crippen LogP contribution in [-0.4, -0.2) is 52.5 Å². The second kappa shape index (κ2) is 15.9. The van der Waals surface area contributed by atoms with Crippen molar-refractivity contribution >= 4 is 29.2 Å². The highest BCUT2D eigenvalue weighted by Crippen LogP contribution is 2.39. The lowest BCUT2D eigenvalue weighted by Gasteiger charge is -2.43. The van der Waals surface area contributed by atoms with Crippen molar-refractivity contribution in [1.29, 1.82) is 5.26 Å². The van der Waals surface area contributed by atoms with Gasteiger partial charge in [-0.15, -0.1) is 16.0 Å². The Labute approximate surface area is 296 Å². The summed E-state index contributed by atoms with van der Waals surface area (Å²) in [6.07, 6.45) is 2.54. The number of amides is 1. The maximum absolute atomic E-state index is 15.3. The maximum Gasteiger partial charge on any atom is 0.418 e. The lowest BCUT2D eigenvalue weighted by molar-refractivity contribution is -0.753. The zero-order chi connectivity index (χ0) is 36.7. The number of thiazole rings is 1. The van der Waals surface area contributed by atoms with E-state index in [1.165, 1.54) is 51.4 Å². The number of aromatic nitrogens is 5. The average Bonchev–Trinajstić information content (AvgIpc) is 3.82. The first-order chi connectivity index (χ1) is 24.4. The third-order valence-corrected chi connectivity index (χ3v) is 9.17. The number of nitriles is 1. The van der Waals surface area contributed by atoms with E-state index in [9.17, 15) is 19.1 Å². The second-order valence-electron chi connectivity index (χ2n) is 11.6. The average molecular weight is 717 g/mol. The first-order valence-electron chi connectivity index (χ1n) is 15.7. The molecule has 1 unspecified atom stereocenters. The summed E-state index contributed by atoms with van der Waals surface area (Å²) in [6.45, 7) is 2.65. The summed E-state index contributed by atoms with van der Waals surface area (Å²) >= 11 is 1.21. The molecule has 3 heterocycles. The van der Waals surface area contributed by atoms with Crippen molar-refractivity contribution in [2.45, 2.75) is 44.7 Å². The molecule has 1 amide bonds. The molecule has 3 aromatic heterocycles. The van der Waals surface area contributed by atoms with Crippen molar-refractivity contribution < 1.29 is 37.5 Å². The summed E-state index contributed by atoms with van der Waals surface area (Å²) in [5.74, 6) is -2.87. The van der Waals surface area contributed by atoms with Gasteiger partial charge in [0.1, 0.15) is 24.1 Å². The third kappa shape index (κ3) is 8.40. The van der Waals surface area contributed by atoms with E-state index >= 15 is 4.39 Å². The van der Waals surface area contributed by atoms with E-state index in [0.29, 0.717) is 21.8 Å². The molecule has 0 aliphatic rings. The molecule has 264 valence electrons. The predicted octanol–water partition coefficient (Wildman–Crippen LogP) is 3.95. The fourth-order valence-corrected chi connectivity index (χ4v) is 6.20. The van der Waals surface area contributed by atoms with Gasteiger partial charge in [-0.2, -0.15) is 9.83 Å². The van der Waals surface area contributed by atoms with Crippen molar-refractivity contribution in [1.82, 2.24) is 25.1 Å². The van der Waals surface area contributed by atoms with Gasteiger partial charge in [0.15, 0.2) is 0 Å². The molecule has 2 aromatic carbocycles. The van der Waals surface area contributed by atoms with E-state index in [2.05, 4.69) is 26.5 Å². The fraction of sp³-hybridized carbons (Fsp3) is 0.286. The largest absolute Gasteiger partial charge is 0.843 e. The molecule has 1 N–H and O–H groups in total. The molecule has 0 aliphatic carbocycles. The number of carbonyl (C=O) groups is 2. The van der Waals surface area contributed by atoms with Gasteiger partial charge in [-0.1, -0.05) is 25.1 Å². The Kier molecular flexibility index (Phi) is 11.4. The molecule has 3 atom stereocenters. The number of benzene rings is 2. The number of hydrogen-bond acceptors (Lipinski definition) is 11. The number of anilines is 1. The molecule has 0 saturated carbocycles.